The Hall–Kier alpha value is -2.65. The predicted octanol–water partition coefficient (Wildman–Crippen LogP) is 2.34. The van der Waals surface area contributed by atoms with E-state index < -0.39 is 21.5 Å². The van der Waals surface area contributed by atoms with Crippen LogP contribution in [0.2, 0.25) is 0 Å². The molecule has 0 spiro atoms. The molecule has 9 heteroatoms. The first-order chi connectivity index (χ1) is 13.0. The molecule has 28 heavy (non-hydrogen) atoms. The smallest absolute Gasteiger partial charge is 0.243 e. The van der Waals surface area contributed by atoms with Crippen LogP contribution in [0.25, 0.3) is 0 Å². The summed E-state index contributed by atoms with van der Waals surface area (Å²) in [5.41, 5.74) is -0.00786. The van der Waals surface area contributed by atoms with Gasteiger partial charge in [-0.2, -0.15) is 4.31 Å². The monoisotopic (exact) mass is 407 g/mol. The molecule has 0 aliphatic heterocycles. The van der Waals surface area contributed by atoms with Crippen molar-refractivity contribution in [2.24, 2.45) is 0 Å². The minimum atomic E-state index is -3.97. The van der Waals surface area contributed by atoms with Gasteiger partial charge in [0.25, 0.3) is 0 Å². The van der Waals surface area contributed by atoms with E-state index in [9.17, 15) is 18.0 Å². The Morgan fingerprint density at radius 3 is 2.25 bits per heavy atom. The average molecular weight is 407 g/mol. The first-order valence-electron chi connectivity index (χ1n) is 8.68. The van der Waals surface area contributed by atoms with Crippen molar-refractivity contribution >= 4 is 27.5 Å². The molecular formula is C19H25N3O5S. The van der Waals surface area contributed by atoms with Crippen LogP contribution in [-0.4, -0.2) is 36.6 Å². The lowest BCUT2D eigenvalue weighted by Crippen LogP contribution is -2.47. The van der Waals surface area contributed by atoms with E-state index in [1.54, 1.807) is 12.1 Å². The molecule has 8 nitrogen and oxygen atoms in total. The zero-order chi connectivity index (χ0) is 20.9. The van der Waals surface area contributed by atoms with E-state index in [1.165, 1.54) is 37.5 Å². The lowest BCUT2D eigenvalue weighted by atomic mass is 10.1. The number of rotatable bonds is 7. The molecule has 1 aromatic carbocycles. The highest BCUT2D eigenvalue weighted by atomic mass is 32.2. The Morgan fingerprint density at radius 1 is 1.11 bits per heavy atom. The van der Waals surface area contributed by atoms with Crippen LogP contribution in [0.1, 0.15) is 33.5 Å². The fourth-order valence-electron chi connectivity index (χ4n) is 2.48. The van der Waals surface area contributed by atoms with Crippen molar-refractivity contribution in [1.82, 2.24) is 9.62 Å². The van der Waals surface area contributed by atoms with Crippen molar-refractivity contribution in [1.29, 1.82) is 0 Å². The van der Waals surface area contributed by atoms with Crippen LogP contribution in [0.15, 0.2) is 52.0 Å². The second kappa shape index (κ2) is 8.57. The SMILES string of the molecule is CC(=O)Nc1ccc(S(=O)(=O)N(CC(=O)NC(C)(C)C)Cc2ccco2)cc1. The quantitative estimate of drug-likeness (QED) is 0.732. The number of furan rings is 1. The summed E-state index contributed by atoms with van der Waals surface area (Å²) in [6, 6.07) is 9.06. The maximum atomic E-state index is 13.1. The van der Waals surface area contributed by atoms with Gasteiger partial charge < -0.3 is 15.1 Å². The molecule has 2 amide bonds. The number of nitrogens with zero attached hydrogens (tertiary/aromatic N) is 1. The van der Waals surface area contributed by atoms with Gasteiger partial charge in [-0.15, -0.1) is 0 Å². The van der Waals surface area contributed by atoms with Gasteiger partial charge in [0.05, 0.1) is 24.2 Å². The Morgan fingerprint density at radius 2 is 1.75 bits per heavy atom. The second-order valence-corrected chi connectivity index (χ2v) is 9.29. The summed E-state index contributed by atoms with van der Waals surface area (Å²) in [5, 5.41) is 5.34. The number of nitrogens with one attached hydrogen (secondary N) is 2. The van der Waals surface area contributed by atoms with E-state index in [4.69, 9.17) is 4.42 Å². The summed E-state index contributed by atoms with van der Waals surface area (Å²) >= 11 is 0. The number of sulfonamides is 1. The Labute approximate surface area is 165 Å². The minimum absolute atomic E-state index is 0.0108. The molecule has 0 aliphatic carbocycles. The van der Waals surface area contributed by atoms with Crippen LogP contribution >= 0.6 is 0 Å². The molecule has 0 bridgehead atoms. The molecular weight excluding hydrogens is 382 g/mol. The average Bonchev–Trinajstić information content (AvgIpc) is 3.05. The summed E-state index contributed by atoms with van der Waals surface area (Å²) < 4.78 is 32.5. The first kappa shape index (κ1) is 21.6. The van der Waals surface area contributed by atoms with E-state index >= 15 is 0 Å². The molecule has 0 unspecified atom stereocenters. The van der Waals surface area contributed by atoms with Crippen molar-refractivity contribution in [3.63, 3.8) is 0 Å². The molecule has 0 radical (unpaired) electrons. The summed E-state index contributed by atoms with van der Waals surface area (Å²) in [6.45, 7) is 6.38. The molecule has 0 fully saturated rings. The van der Waals surface area contributed by atoms with Crippen molar-refractivity contribution in [3.05, 3.63) is 48.4 Å². The van der Waals surface area contributed by atoms with Crippen molar-refractivity contribution in [3.8, 4) is 0 Å². The van der Waals surface area contributed by atoms with Crippen LogP contribution in [0.3, 0.4) is 0 Å². The summed E-state index contributed by atoms with van der Waals surface area (Å²) in [5.74, 6) is -0.256. The van der Waals surface area contributed by atoms with E-state index in [-0.39, 0.29) is 23.9 Å². The van der Waals surface area contributed by atoms with Gasteiger partial charge >= 0.3 is 0 Å². The zero-order valence-corrected chi connectivity index (χ0v) is 17.2. The minimum Gasteiger partial charge on any atom is -0.468 e. The highest BCUT2D eigenvalue weighted by Crippen LogP contribution is 2.21. The fourth-order valence-corrected chi connectivity index (χ4v) is 3.85. The van der Waals surface area contributed by atoms with Gasteiger partial charge in [0.15, 0.2) is 0 Å². The van der Waals surface area contributed by atoms with Gasteiger partial charge in [0.2, 0.25) is 21.8 Å². The highest BCUT2D eigenvalue weighted by molar-refractivity contribution is 7.89. The topological polar surface area (TPSA) is 109 Å². The molecule has 1 aromatic heterocycles. The number of hydrogen-bond acceptors (Lipinski definition) is 5. The number of anilines is 1. The van der Waals surface area contributed by atoms with Gasteiger partial charge in [0.1, 0.15) is 5.76 Å². The summed E-state index contributed by atoms with van der Waals surface area (Å²) in [4.78, 5) is 23.5. The normalized spacial score (nSPS) is 12.0. The van der Waals surface area contributed by atoms with Crippen molar-refractivity contribution in [2.75, 3.05) is 11.9 Å². The second-order valence-electron chi connectivity index (χ2n) is 7.36. The number of carbonyl (C=O) groups is 2. The Kier molecular flexibility index (Phi) is 6.63. The number of hydrogen-bond donors (Lipinski definition) is 2. The molecule has 0 aliphatic rings. The van der Waals surface area contributed by atoms with E-state index in [2.05, 4.69) is 10.6 Å². The zero-order valence-electron chi connectivity index (χ0n) is 16.4. The first-order valence-corrected chi connectivity index (χ1v) is 10.1. The maximum absolute atomic E-state index is 13.1. The van der Waals surface area contributed by atoms with Crippen molar-refractivity contribution in [2.45, 2.75) is 44.7 Å². The third-order valence-corrected chi connectivity index (χ3v) is 5.37. The number of amides is 2. The summed E-state index contributed by atoms with van der Waals surface area (Å²) in [7, 11) is -3.97. The largest absolute Gasteiger partial charge is 0.468 e. The molecule has 2 N–H and O–H groups in total. The lowest BCUT2D eigenvalue weighted by Gasteiger charge is -2.25. The molecule has 2 aromatic rings. The van der Waals surface area contributed by atoms with Gasteiger partial charge in [-0.1, -0.05) is 0 Å². The predicted molar refractivity (Wildman–Crippen MR) is 105 cm³/mol. The van der Waals surface area contributed by atoms with Crippen LogP contribution in [0.5, 0.6) is 0 Å². The standard InChI is InChI=1S/C19H25N3O5S/c1-14(23)20-15-7-9-17(10-8-15)28(25,26)22(12-16-6-5-11-27-16)13-18(24)21-19(2,3)4/h5-11H,12-13H2,1-4H3,(H,20,23)(H,21,24). The van der Waals surface area contributed by atoms with Gasteiger partial charge in [0, 0.05) is 18.2 Å². The van der Waals surface area contributed by atoms with Gasteiger partial charge in [-0.25, -0.2) is 8.42 Å². The summed E-state index contributed by atoms with van der Waals surface area (Å²) in [6.07, 6.45) is 1.44. The van der Waals surface area contributed by atoms with Crippen LogP contribution in [0, 0.1) is 0 Å². The third kappa shape index (κ3) is 6.21. The molecule has 0 saturated carbocycles. The van der Waals surface area contributed by atoms with Crippen molar-refractivity contribution < 1.29 is 22.4 Å². The molecule has 0 saturated heterocycles. The third-order valence-electron chi connectivity index (χ3n) is 3.56. The molecule has 152 valence electrons. The molecule has 1 heterocycles. The highest BCUT2D eigenvalue weighted by Gasteiger charge is 2.28. The van der Waals surface area contributed by atoms with Crippen LogP contribution in [0.4, 0.5) is 5.69 Å². The van der Waals surface area contributed by atoms with Crippen LogP contribution in [-0.2, 0) is 26.2 Å². The number of carbonyl (C=O) groups excluding carboxylic acids is 2. The lowest BCUT2D eigenvalue weighted by molar-refractivity contribution is -0.122. The van der Waals surface area contributed by atoms with Gasteiger partial charge in [-0.3, -0.25) is 9.59 Å². The maximum Gasteiger partial charge on any atom is 0.243 e. The molecule has 2 rings (SSSR count). The van der Waals surface area contributed by atoms with E-state index in [0.717, 1.165) is 4.31 Å². The Balaban J connectivity index is 2.29. The fraction of sp³-hybridized carbons (Fsp3) is 0.368. The van der Waals surface area contributed by atoms with Crippen LogP contribution < -0.4 is 10.6 Å². The molecule has 0 atom stereocenters. The Bertz CT molecular complexity index is 913. The van der Waals surface area contributed by atoms with E-state index in [1.807, 2.05) is 20.8 Å². The number of benzene rings is 1. The van der Waals surface area contributed by atoms with E-state index in [0.29, 0.717) is 11.4 Å². The van der Waals surface area contributed by atoms with Gasteiger partial charge in [-0.05, 0) is 57.2 Å².